The van der Waals surface area contributed by atoms with Gasteiger partial charge in [-0.2, -0.15) is 5.11 Å². The number of azo groups is 1. The maximum Gasteiger partial charge on any atom is 0.269 e. The van der Waals surface area contributed by atoms with E-state index in [1.54, 1.807) is 12.1 Å². The van der Waals surface area contributed by atoms with E-state index in [1.807, 2.05) is 0 Å². The van der Waals surface area contributed by atoms with Gasteiger partial charge in [0.1, 0.15) is 6.34 Å². The van der Waals surface area contributed by atoms with E-state index >= 15 is 0 Å². The second-order valence-electron chi connectivity index (χ2n) is 2.72. The maximum atomic E-state index is 10.4. The molecule has 0 saturated heterocycles. The Morgan fingerprint density at radius 1 is 1.29 bits per heavy atom. The predicted octanol–water partition coefficient (Wildman–Crippen LogP) is 2.09. The summed E-state index contributed by atoms with van der Waals surface area (Å²) in [7, 11) is 0. The fraction of sp³-hybridized carbons (Fsp3) is 0.125. The molecule has 1 aromatic carbocycles. The molecule has 0 bridgehead atoms. The summed E-state index contributed by atoms with van der Waals surface area (Å²) in [6.07, 6.45) is 1.03. The second kappa shape index (κ2) is 3.33. The van der Waals surface area contributed by atoms with Gasteiger partial charge in [-0.15, -0.1) is 5.11 Å². The van der Waals surface area contributed by atoms with Crippen molar-refractivity contribution < 1.29 is 4.92 Å². The second-order valence-corrected chi connectivity index (χ2v) is 2.72. The molecule has 0 aliphatic carbocycles. The Morgan fingerprint density at radius 3 is 2.50 bits per heavy atom. The number of benzene rings is 1. The van der Waals surface area contributed by atoms with Crippen LogP contribution in [0.25, 0.3) is 0 Å². The monoisotopic (exact) mass is 190 g/mol. The van der Waals surface area contributed by atoms with E-state index in [-0.39, 0.29) is 11.9 Å². The topological polar surface area (TPSA) is 80.2 Å². The molecule has 0 fully saturated rings. The minimum atomic E-state index is -0.441. The molecule has 0 spiro atoms. The van der Waals surface area contributed by atoms with Crippen LogP contribution in [-0.2, 0) is 0 Å². The molecule has 0 aromatic heterocycles. The van der Waals surface area contributed by atoms with E-state index < -0.39 is 4.92 Å². The first-order valence-corrected chi connectivity index (χ1v) is 3.93. The van der Waals surface area contributed by atoms with Gasteiger partial charge in [0.25, 0.3) is 5.69 Å². The van der Waals surface area contributed by atoms with Gasteiger partial charge in [0.05, 0.1) is 4.92 Å². The number of rotatable bonds is 2. The van der Waals surface area contributed by atoms with E-state index in [0.29, 0.717) is 0 Å². The van der Waals surface area contributed by atoms with E-state index in [9.17, 15) is 10.1 Å². The molecule has 70 valence electrons. The van der Waals surface area contributed by atoms with Crippen molar-refractivity contribution in [2.24, 2.45) is 15.2 Å². The Balaban J connectivity index is 2.25. The van der Waals surface area contributed by atoms with Crippen LogP contribution in [0.4, 0.5) is 5.69 Å². The van der Waals surface area contributed by atoms with Gasteiger partial charge < -0.3 is 0 Å². The number of hydrogen-bond donors (Lipinski definition) is 0. The molecule has 0 saturated carbocycles. The van der Waals surface area contributed by atoms with Gasteiger partial charge in [-0.1, -0.05) is 0 Å². The van der Waals surface area contributed by atoms with Crippen LogP contribution in [0.5, 0.6) is 0 Å². The van der Waals surface area contributed by atoms with Gasteiger partial charge in [-0.3, -0.25) is 10.1 Å². The van der Waals surface area contributed by atoms with Gasteiger partial charge >= 0.3 is 0 Å². The largest absolute Gasteiger partial charge is 0.269 e. The Labute approximate surface area is 79.2 Å². The summed E-state index contributed by atoms with van der Waals surface area (Å²) in [4.78, 5) is 13.9. The molecule has 2 rings (SSSR count). The van der Waals surface area contributed by atoms with Gasteiger partial charge in [0.15, 0.2) is 6.17 Å². The molecule has 0 N–H and O–H groups in total. The van der Waals surface area contributed by atoms with Crippen LogP contribution < -0.4 is 0 Å². The average Bonchev–Trinajstić information content (AvgIpc) is 2.71. The van der Waals surface area contributed by atoms with E-state index in [1.165, 1.54) is 18.5 Å². The predicted molar refractivity (Wildman–Crippen MR) is 49.2 cm³/mol. The standard InChI is InChI=1S/C8H6N4O2/c13-12(14)7-3-1-6(2-4-7)8-9-5-10-11-8/h1-5,8H. The third-order valence-electron chi connectivity index (χ3n) is 1.84. The van der Waals surface area contributed by atoms with E-state index in [4.69, 9.17) is 0 Å². The van der Waals surface area contributed by atoms with Crippen LogP contribution in [0.15, 0.2) is 39.5 Å². The highest BCUT2D eigenvalue weighted by Gasteiger charge is 2.12. The molecule has 1 atom stereocenters. The Bertz CT molecular complexity index is 398. The highest BCUT2D eigenvalue weighted by molar-refractivity contribution is 5.57. The maximum absolute atomic E-state index is 10.4. The number of nitro groups is 1. The van der Waals surface area contributed by atoms with Crippen LogP contribution in [0, 0.1) is 10.1 Å². The van der Waals surface area contributed by atoms with Crippen LogP contribution in [0.2, 0.25) is 0 Å². The van der Waals surface area contributed by atoms with Crippen molar-refractivity contribution in [1.82, 2.24) is 0 Å². The third-order valence-corrected chi connectivity index (χ3v) is 1.84. The zero-order chi connectivity index (χ0) is 9.97. The summed E-state index contributed by atoms with van der Waals surface area (Å²) in [5.74, 6) is 0. The number of hydrogen-bond acceptors (Lipinski definition) is 5. The lowest BCUT2D eigenvalue weighted by atomic mass is 10.2. The van der Waals surface area contributed by atoms with E-state index in [0.717, 1.165) is 5.56 Å². The zero-order valence-electron chi connectivity index (χ0n) is 7.07. The van der Waals surface area contributed by atoms with Gasteiger partial charge in [-0.25, -0.2) is 4.99 Å². The molecule has 14 heavy (non-hydrogen) atoms. The Morgan fingerprint density at radius 2 is 2.00 bits per heavy atom. The SMILES string of the molecule is O=[N+]([O-])c1ccc(C2N=CN=N2)cc1. The average molecular weight is 190 g/mol. The van der Waals surface area contributed by atoms with Crippen molar-refractivity contribution >= 4 is 12.0 Å². The number of nitro benzene ring substituents is 1. The van der Waals surface area contributed by atoms with Crippen molar-refractivity contribution in [3.8, 4) is 0 Å². The summed E-state index contributed by atoms with van der Waals surface area (Å²) < 4.78 is 0. The minimum absolute atomic E-state index is 0.0627. The van der Waals surface area contributed by atoms with E-state index in [2.05, 4.69) is 15.2 Å². The molecule has 6 heteroatoms. The Kier molecular flexibility index (Phi) is 2.02. The minimum Gasteiger partial charge on any atom is -0.258 e. The fourth-order valence-electron chi connectivity index (χ4n) is 1.14. The summed E-state index contributed by atoms with van der Waals surface area (Å²) >= 11 is 0. The van der Waals surface area contributed by atoms with Crippen molar-refractivity contribution in [3.63, 3.8) is 0 Å². The molecule has 0 radical (unpaired) electrons. The Hall–Kier alpha value is -2.11. The fourth-order valence-corrected chi connectivity index (χ4v) is 1.14. The molecule has 1 unspecified atom stereocenters. The van der Waals surface area contributed by atoms with Crippen LogP contribution >= 0.6 is 0 Å². The first-order chi connectivity index (χ1) is 6.77. The van der Waals surface area contributed by atoms with Gasteiger partial charge in [0, 0.05) is 17.7 Å². The highest BCUT2D eigenvalue weighted by atomic mass is 16.6. The molecular weight excluding hydrogens is 184 g/mol. The molecule has 1 aliphatic heterocycles. The van der Waals surface area contributed by atoms with Crippen LogP contribution in [-0.4, -0.2) is 11.3 Å². The molecule has 1 aromatic rings. The summed E-state index contributed by atoms with van der Waals surface area (Å²) in [5.41, 5.74) is 0.862. The van der Waals surface area contributed by atoms with Crippen molar-refractivity contribution in [1.29, 1.82) is 0 Å². The summed E-state index contributed by atoms with van der Waals surface area (Å²) in [6.45, 7) is 0. The number of aliphatic imine (C=N–C) groups is 1. The van der Waals surface area contributed by atoms with Crippen LogP contribution in [0.3, 0.4) is 0 Å². The van der Waals surface area contributed by atoms with Crippen LogP contribution in [0.1, 0.15) is 11.7 Å². The molecule has 1 heterocycles. The molecular formula is C8H6N4O2. The van der Waals surface area contributed by atoms with Crippen molar-refractivity contribution in [3.05, 3.63) is 39.9 Å². The van der Waals surface area contributed by atoms with Gasteiger partial charge in [-0.05, 0) is 12.1 Å². The normalized spacial score (nSPS) is 18.7. The molecule has 1 aliphatic rings. The highest BCUT2D eigenvalue weighted by Crippen LogP contribution is 2.23. The lowest BCUT2D eigenvalue weighted by molar-refractivity contribution is -0.384. The molecule has 0 amide bonds. The third kappa shape index (κ3) is 1.49. The first kappa shape index (κ1) is 8.49. The lowest BCUT2D eigenvalue weighted by Crippen LogP contribution is -1.91. The summed E-state index contributed by atoms with van der Waals surface area (Å²) in [6, 6.07) is 6.12. The van der Waals surface area contributed by atoms with Crippen molar-refractivity contribution in [2.45, 2.75) is 6.17 Å². The summed E-state index contributed by atoms with van der Waals surface area (Å²) in [5, 5.41) is 17.8. The molecule has 6 nitrogen and oxygen atoms in total. The number of non-ortho nitro benzene ring substituents is 1. The van der Waals surface area contributed by atoms with Gasteiger partial charge in [0.2, 0.25) is 0 Å². The first-order valence-electron chi connectivity index (χ1n) is 3.93. The quantitative estimate of drug-likeness (QED) is 0.528. The zero-order valence-corrected chi connectivity index (χ0v) is 7.07. The smallest absolute Gasteiger partial charge is 0.258 e. The van der Waals surface area contributed by atoms with Crippen molar-refractivity contribution in [2.75, 3.05) is 0 Å². The number of nitrogens with zero attached hydrogens (tertiary/aromatic N) is 4. The lowest BCUT2D eigenvalue weighted by Gasteiger charge is -2.01.